The number of carbonyl (C=O) groups is 1. The molecule has 1 unspecified atom stereocenters. The SMILES string of the molecule is COc1ccc(-c2nc3c(s2)CN(C(C(=O)O)c2c[nH]c4ccccc24)CC3)cc1OC. The van der Waals surface area contributed by atoms with Crippen LogP contribution in [-0.4, -0.2) is 46.7 Å². The van der Waals surface area contributed by atoms with E-state index in [1.807, 2.05) is 53.6 Å². The number of carboxylic acid groups (broad SMARTS) is 1. The number of para-hydroxylation sites is 1. The van der Waals surface area contributed by atoms with Crippen LogP contribution in [0.1, 0.15) is 22.2 Å². The summed E-state index contributed by atoms with van der Waals surface area (Å²) in [7, 11) is 3.23. The van der Waals surface area contributed by atoms with Crippen molar-refractivity contribution in [3.8, 4) is 22.1 Å². The first-order valence-electron chi connectivity index (χ1n) is 10.3. The van der Waals surface area contributed by atoms with Crippen LogP contribution in [-0.2, 0) is 17.8 Å². The van der Waals surface area contributed by atoms with E-state index < -0.39 is 12.0 Å². The number of fused-ring (bicyclic) bond motifs is 2. The van der Waals surface area contributed by atoms with E-state index in [9.17, 15) is 9.90 Å². The van der Waals surface area contributed by atoms with Crippen LogP contribution in [0.15, 0.2) is 48.7 Å². The second kappa shape index (κ2) is 8.29. The molecule has 0 saturated carbocycles. The van der Waals surface area contributed by atoms with Crippen molar-refractivity contribution in [3.05, 3.63) is 64.8 Å². The van der Waals surface area contributed by atoms with Gasteiger partial charge in [-0.1, -0.05) is 18.2 Å². The lowest BCUT2D eigenvalue weighted by molar-refractivity contribution is -0.144. The third-order valence-corrected chi connectivity index (χ3v) is 7.04. The summed E-state index contributed by atoms with van der Waals surface area (Å²) in [6, 6.07) is 12.9. The highest BCUT2D eigenvalue weighted by molar-refractivity contribution is 7.15. The molecule has 5 rings (SSSR count). The number of aromatic amines is 1. The number of hydrogen-bond acceptors (Lipinski definition) is 6. The van der Waals surface area contributed by atoms with Gasteiger partial charge in [0, 0.05) is 52.6 Å². The molecule has 2 aromatic carbocycles. The third-order valence-electron chi connectivity index (χ3n) is 5.91. The highest BCUT2D eigenvalue weighted by atomic mass is 32.1. The summed E-state index contributed by atoms with van der Waals surface area (Å²) in [6.07, 6.45) is 2.53. The summed E-state index contributed by atoms with van der Waals surface area (Å²) in [5.41, 5.74) is 3.74. The van der Waals surface area contributed by atoms with Crippen LogP contribution >= 0.6 is 11.3 Å². The molecule has 164 valence electrons. The van der Waals surface area contributed by atoms with Crippen molar-refractivity contribution in [1.82, 2.24) is 14.9 Å². The summed E-state index contributed by atoms with van der Waals surface area (Å²) in [5.74, 6) is 0.486. The molecule has 1 atom stereocenters. The molecule has 0 spiro atoms. The molecule has 0 radical (unpaired) electrons. The maximum atomic E-state index is 12.3. The molecule has 4 aromatic rings. The van der Waals surface area contributed by atoms with Crippen LogP contribution in [0.4, 0.5) is 0 Å². The fraction of sp³-hybridized carbons (Fsp3) is 0.250. The van der Waals surface area contributed by atoms with Crippen LogP contribution in [0, 0.1) is 0 Å². The van der Waals surface area contributed by atoms with E-state index in [2.05, 4.69) is 4.98 Å². The monoisotopic (exact) mass is 449 g/mol. The molecule has 0 amide bonds. The number of hydrogen-bond donors (Lipinski definition) is 2. The molecule has 3 heterocycles. The fourth-order valence-corrected chi connectivity index (χ4v) is 5.46. The molecule has 1 aliphatic rings. The highest BCUT2D eigenvalue weighted by Crippen LogP contribution is 2.38. The number of thiazole rings is 1. The van der Waals surface area contributed by atoms with Gasteiger partial charge in [-0.3, -0.25) is 9.69 Å². The Bertz CT molecular complexity index is 1300. The van der Waals surface area contributed by atoms with Gasteiger partial charge in [0.25, 0.3) is 0 Å². The predicted molar refractivity (Wildman–Crippen MR) is 123 cm³/mol. The third kappa shape index (κ3) is 3.51. The minimum absolute atomic E-state index is 0.552. The Kier molecular flexibility index (Phi) is 5.32. The lowest BCUT2D eigenvalue weighted by Gasteiger charge is -2.31. The summed E-state index contributed by atoms with van der Waals surface area (Å²) in [6.45, 7) is 1.19. The van der Waals surface area contributed by atoms with Gasteiger partial charge in [-0.25, -0.2) is 4.98 Å². The number of benzene rings is 2. The summed E-state index contributed by atoms with van der Waals surface area (Å²) < 4.78 is 10.8. The molecule has 0 bridgehead atoms. The Labute approximate surface area is 189 Å². The van der Waals surface area contributed by atoms with E-state index in [0.29, 0.717) is 31.0 Å². The van der Waals surface area contributed by atoms with Crippen molar-refractivity contribution < 1.29 is 19.4 Å². The topological polar surface area (TPSA) is 87.7 Å². The fourth-order valence-electron chi connectivity index (χ4n) is 4.33. The number of nitrogens with zero attached hydrogens (tertiary/aromatic N) is 2. The number of aromatic nitrogens is 2. The Morgan fingerprint density at radius 2 is 2.00 bits per heavy atom. The van der Waals surface area contributed by atoms with Crippen LogP contribution < -0.4 is 9.47 Å². The number of ether oxygens (including phenoxy) is 2. The van der Waals surface area contributed by atoms with Crippen molar-refractivity contribution in [1.29, 1.82) is 0 Å². The average Bonchev–Trinajstić information content (AvgIpc) is 3.43. The minimum atomic E-state index is -0.845. The molecular formula is C24H23N3O4S. The van der Waals surface area contributed by atoms with Gasteiger partial charge in [0.05, 0.1) is 19.9 Å². The van der Waals surface area contributed by atoms with Crippen molar-refractivity contribution in [3.63, 3.8) is 0 Å². The van der Waals surface area contributed by atoms with E-state index in [-0.39, 0.29) is 0 Å². The Morgan fingerprint density at radius 3 is 2.78 bits per heavy atom. The lowest BCUT2D eigenvalue weighted by Crippen LogP contribution is -2.37. The van der Waals surface area contributed by atoms with Crippen LogP contribution in [0.5, 0.6) is 11.5 Å². The van der Waals surface area contributed by atoms with Crippen molar-refractivity contribution in [2.75, 3.05) is 20.8 Å². The van der Waals surface area contributed by atoms with Crippen LogP contribution in [0.25, 0.3) is 21.5 Å². The molecule has 1 aliphatic heterocycles. The zero-order valence-corrected chi connectivity index (χ0v) is 18.6. The Balaban J connectivity index is 1.46. The van der Waals surface area contributed by atoms with Crippen LogP contribution in [0.3, 0.4) is 0 Å². The molecule has 2 aromatic heterocycles. The van der Waals surface area contributed by atoms with Gasteiger partial charge in [-0.2, -0.15) is 0 Å². The Morgan fingerprint density at radius 1 is 1.19 bits per heavy atom. The summed E-state index contributed by atoms with van der Waals surface area (Å²) >= 11 is 1.60. The maximum absolute atomic E-state index is 12.3. The second-order valence-corrected chi connectivity index (χ2v) is 8.79. The van der Waals surface area contributed by atoms with Crippen LogP contribution in [0.2, 0.25) is 0 Å². The number of aliphatic carboxylic acids is 1. The second-order valence-electron chi connectivity index (χ2n) is 7.71. The minimum Gasteiger partial charge on any atom is -0.493 e. The van der Waals surface area contributed by atoms with Crippen molar-refractivity contribution >= 4 is 28.2 Å². The molecular weight excluding hydrogens is 426 g/mol. The Hall–Kier alpha value is -3.36. The normalized spacial score (nSPS) is 14.8. The molecule has 8 heteroatoms. The van der Waals surface area contributed by atoms with Gasteiger partial charge in [-0.05, 0) is 24.3 Å². The number of nitrogens with one attached hydrogen (secondary N) is 1. The average molecular weight is 450 g/mol. The first kappa shape index (κ1) is 20.5. The quantitative estimate of drug-likeness (QED) is 0.451. The lowest BCUT2D eigenvalue weighted by atomic mass is 10.0. The van der Waals surface area contributed by atoms with E-state index in [1.165, 1.54) is 0 Å². The molecule has 7 nitrogen and oxygen atoms in total. The van der Waals surface area contributed by atoms with Gasteiger partial charge in [-0.15, -0.1) is 11.3 Å². The number of carboxylic acids is 1. The standard InChI is InChI=1S/C24H23N3O4S/c1-30-19-8-7-14(11-20(19)31-2)23-26-18-9-10-27(13-21(18)32-23)22(24(28)29)16-12-25-17-6-4-3-5-15(16)17/h3-8,11-12,22,25H,9-10,13H2,1-2H3,(H,28,29). The molecule has 0 aliphatic carbocycles. The number of H-pyrrole nitrogens is 1. The van der Waals surface area contributed by atoms with E-state index in [0.717, 1.165) is 37.6 Å². The molecule has 2 N–H and O–H groups in total. The number of methoxy groups -OCH3 is 2. The molecule has 0 saturated heterocycles. The van der Waals surface area contributed by atoms with Gasteiger partial charge < -0.3 is 19.6 Å². The van der Waals surface area contributed by atoms with Gasteiger partial charge >= 0.3 is 5.97 Å². The summed E-state index contributed by atoms with van der Waals surface area (Å²) in [5, 5.41) is 11.9. The first-order valence-corrected chi connectivity index (χ1v) is 11.1. The highest BCUT2D eigenvalue weighted by Gasteiger charge is 2.33. The summed E-state index contributed by atoms with van der Waals surface area (Å²) in [4.78, 5) is 23.5. The maximum Gasteiger partial charge on any atom is 0.325 e. The van der Waals surface area contributed by atoms with E-state index >= 15 is 0 Å². The smallest absolute Gasteiger partial charge is 0.325 e. The van der Waals surface area contributed by atoms with Gasteiger partial charge in [0.15, 0.2) is 11.5 Å². The first-order chi connectivity index (χ1) is 15.6. The van der Waals surface area contributed by atoms with Gasteiger partial charge in [0.1, 0.15) is 11.0 Å². The zero-order valence-electron chi connectivity index (χ0n) is 17.8. The molecule has 0 fully saturated rings. The zero-order chi connectivity index (χ0) is 22.2. The number of rotatable bonds is 6. The predicted octanol–water partition coefficient (Wildman–Crippen LogP) is 4.49. The largest absolute Gasteiger partial charge is 0.493 e. The van der Waals surface area contributed by atoms with Crippen molar-refractivity contribution in [2.45, 2.75) is 19.0 Å². The van der Waals surface area contributed by atoms with Gasteiger partial charge in [0.2, 0.25) is 0 Å². The van der Waals surface area contributed by atoms with Crippen molar-refractivity contribution in [2.24, 2.45) is 0 Å². The van der Waals surface area contributed by atoms with E-state index in [1.54, 1.807) is 25.6 Å². The van der Waals surface area contributed by atoms with E-state index in [4.69, 9.17) is 14.5 Å². The molecule has 32 heavy (non-hydrogen) atoms.